The van der Waals surface area contributed by atoms with Crippen molar-refractivity contribution >= 4 is 24.2 Å². The highest BCUT2D eigenvalue weighted by Gasteiger charge is 2.17. The van der Waals surface area contributed by atoms with E-state index in [-0.39, 0.29) is 36.7 Å². The summed E-state index contributed by atoms with van der Waals surface area (Å²) >= 11 is 0. The zero-order chi connectivity index (χ0) is 18.9. The molecule has 0 aliphatic rings. The highest BCUT2D eigenvalue weighted by Crippen LogP contribution is 2.20. The molecule has 2 rings (SSSR count). The van der Waals surface area contributed by atoms with Crippen molar-refractivity contribution < 1.29 is 14.3 Å². The van der Waals surface area contributed by atoms with Gasteiger partial charge in [0, 0.05) is 6.54 Å². The molecule has 0 saturated heterocycles. The average molecular weight is 392 g/mol. The fourth-order valence-electron chi connectivity index (χ4n) is 2.15. The molecule has 0 bridgehead atoms. The summed E-state index contributed by atoms with van der Waals surface area (Å²) in [4.78, 5) is 23.6. The van der Waals surface area contributed by atoms with Crippen LogP contribution in [0.15, 0.2) is 54.6 Å². The van der Waals surface area contributed by atoms with E-state index in [1.165, 1.54) is 0 Å². The molecule has 1 atom stereocenters. The number of benzene rings is 2. The summed E-state index contributed by atoms with van der Waals surface area (Å²) < 4.78 is 5.72. The Labute approximate surface area is 165 Å². The van der Waals surface area contributed by atoms with Gasteiger partial charge in [0.25, 0.3) is 0 Å². The largest absolute Gasteiger partial charge is 0.457 e. The number of carbonyl (C=O) groups excluding carboxylic acids is 2. The summed E-state index contributed by atoms with van der Waals surface area (Å²) in [6.45, 7) is 4.00. The van der Waals surface area contributed by atoms with Gasteiger partial charge >= 0.3 is 0 Å². The van der Waals surface area contributed by atoms with Crippen molar-refractivity contribution in [2.75, 3.05) is 6.54 Å². The summed E-state index contributed by atoms with van der Waals surface area (Å²) in [6.07, 6.45) is 0. The number of carbonyl (C=O) groups is 2. The van der Waals surface area contributed by atoms with Crippen LogP contribution in [0.2, 0.25) is 0 Å². The minimum Gasteiger partial charge on any atom is -0.457 e. The number of hydrogen-bond acceptors (Lipinski definition) is 4. The van der Waals surface area contributed by atoms with Crippen molar-refractivity contribution in [2.24, 2.45) is 11.7 Å². The van der Waals surface area contributed by atoms with Crippen LogP contribution in [0.3, 0.4) is 0 Å². The molecule has 0 heterocycles. The van der Waals surface area contributed by atoms with Gasteiger partial charge in [0.15, 0.2) is 0 Å². The summed E-state index contributed by atoms with van der Waals surface area (Å²) in [5.74, 6) is 0.927. The molecule has 7 heteroatoms. The summed E-state index contributed by atoms with van der Waals surface area (Å²) in [5, 5.41) is 5.30. The van der Waals surface area contributed by atoms with Crippen molar-refractivity contribution in [3.05, 3.63) is 60.2 Å². The first-order valence-electron chi connectivity index (χ1n) is 8.57. The number of rotatable bonds is 8. The second-order valence-corrected chi connectivity index (χ2v) is 6.32. The lowest BCUT2D eigenvalue weighted by Gasteiger charge is -2.15. The zero-order valence-electron chi connectivity index (χ0n) is 15.5. The predicted octanol–water partition coefficient (Wildman–Crippen LogP) is 2.62. The topological polar surface area (TPSA) is 93.5 Å². The van der Waals surface area contributed by atoms with Gasteiger partial charge in [-0.3, -0.25) is 9.59 Å². The lowest BCUT2D eigenvalue weighted by Crippen LogP contribution is -2.47. The SMILES string of the molecule is CC(C)[C@H](N)C(=O)NCC(=O)NCc1ccc(Oc2ccccc2)cc1.Cl. The van der Waals surface area contributed by atoms with Crippen molar-refractivity contribution in [1.82, 2.24) is 10.6 Å². The number of halogens is 1. The van der Waals surface area contributed by atoms with Crippen LogP contribution in [0.25, 0.3) is 0 Å². The van der Waals surface area contributed by atoms with Gasteiger partial charge in [0.05, 0.1) is 12.6 Å². The van der Waals surface area contributed by atoms with Crippen LogP contribution in [0, 0.1) is 5.92 Å². The number of amides is 2. The molecule has 0 aliphatic heterocycles. The van der Waals surface area contributed by atoms with E-state index in [9.17, 15) is 9.59 Å². The fourth-order valence-corrected chi connectivity index (χ4v) is 2.15. The minimum atomic E-state index is -0.611. The molecule has 2 amide bonds. The van der Waals surface area contributed by atoms with E-state index in [1.807, 2.05) is 68.4 Å². The molecule has 0 radical (unpaired) electrons. The molecule has 0 fully saturated rings. The molecule has 0 saturated carbocycles. The quantitative estimate of drug-likeness (QED) is 0.644. The van der Waals surface area contributed by atoms with E-state index in [0.717, 1.165) is 17.1 Å². The number of hydrogen-bond donors (Lipinski definition) is 3. The van der Waals surface area contributed by atoms with Gasteiger partial charge in [0.1, 0.15) is 11.5 Å². The maximum absolute atomic E-state index is 11.8. The van der Waals surface area contributed by atoms with Crippen LogP contribution < -0.4 is 21.1 Å². The summed E-state index contributed by atoms with van der Waals surface area (Å²) in [6, 6.07) is 16.4. The first-order chi connectivity index (χ1) is 12.5. The Morgan fingerprint density at radius 2 is 1.56 bits per heavy atom. The lowest BCUT2D eigenvalue weighted by molar-refractivity contribution is -0.127. The highest BCUT2D eigenvalue weighted by molar-refractivity contribution is 5.87. The number of para-hydroxylation sites is 1. The Morgan fingerprint density at radius 3 is 2.15 bits per heavy atom. The third kappa shape index (κ3) is 7.68. The van der Waals surface area contributed by atoms with Crippen LogP contribution in [-0.2, 0) is 16.1 Å². The predicted molar refractivity (Wildman–Crippen MR) is 108 cm³/mol. The molecular formula is C20H26ClN3O3. The van der Waals surface area contributed by atoms with Gasteiger partial charge in [-0.25, -0.2) is 0 Å². The summed E-state index contributed by atoms with van der Waals surface area (Å²) in [5.41, 5.74) is 6.66. The Kier molecular flexibility index (Phi) is 9.33. The first-order valence-corrected chi connectivity index (χ1v) is 8.57. The van der Waals surface area contributed by atoms with Crippen LogP contribution >= 0.6 is 12.4 Å². The first kappa shape index (κ1) is 22.5. The standard InChI is InChI=1S/C20H25N3O3.ClH/c1-14(2)19(21)20(25)23-13-18(24)22-12-15-8-10-17(11-9-15)26-16-6-4-3-5-7-16;/h3-11,14,19H,12-13,21H2,1-2H3,(H,22,24)(H,23,25);1H/t19-;/m0./s1. The van der Waals surface area contributed by atoms with Crippen LogP contribution in [0.4, 0.5) is 0 Å². The zero-order valence-corrected chi connectivity index (χ0v) is 16.3. The van der Waals surface area contributed by atoms with E-state index in [1.54, 1.807) is 0 Å². The minimum absolute atomic E-state index is 0. The second kappa shape index (κ2) is 11.2. The molecule has 6 nitrogen and oxygen atoms in total. The van der Waals surface area contributed by atoms with Crippen LogP contribution in [0.5, 0.6) is 11.5 Å². The van der Waals surface area contributed by atoms with E-state index in [4.69, 9.17) is 10.5 Å². The second-order valence-electron chi connectivity index (χ2n) is 6.32. The molecule has 2 aromatic rings. The van der Waals surface area contributed by atoms with Gasteiger partial charge in [0.2, 0.25) is 11.8 Å². The van der Waals surface area contributed by atoms with Gasteiger partial charge in [-0.15, -0.1) is 12.4 Å². The van der Waals surface area contributed by atoms with E-state index >= 15 is 0 Å². The molecule has 27 heavy (non-hydrogen) atoms. The molecule has 0 unspecified atom stereocenters. The van der Waals surface area contributed by atoms with E-state index in [2.05, 4.69) is 10.6 Å². The highest BCUT2D eigenvalue weighted by atomic mass is 35.5. The van der Waals surface area contributed by atoms with Crippen LogP contribution in [0.1, 0.15) is 19.4 Å². The Bertz CT molecular complexity index is 721. The molecule has 0 aliphatic carbocycles. The smallest absolute Gasteiger partial charge is 0.239 e. The van der Waals surface area contributed by atoms with Crippen molar-refractivity contribution in [1.29, 1.82) is 0 Å². The van der Waals surface area contributed by atoms with E-state index < -0.39 is 6.04 Å². The summed E-state index contributed by atoms with van der Waals surface area (Å²) in [7, 11) is 0. The average Bonchev–Trinajstić information content (AvgIpc) is 2.65. The third-order valence-corrected chi connectivity index (χ3v) is 3.84. The van der Waals surface area contributed by atoms with E-state index in [0.29, 0.717) is 6.54 Å². The normalized spacial score (nSPS) is 11.3. The van der Waals surface area contributed by atoms with Gasteiger partial charge < -0.3 is 21.1 Å². The maximum atomic E-state index is 11.8. The number of nitrogens with two attached hydrogens (primary N) is 1. The molecule has 2 aromatic carbocycles. The monoisotopic (exact) mass is 391 g/mol. The molecule has 0 aromatic heterocycles. The van der Waals surface area contributed by atoms with Crippen molar-refractivity contribution in [3.63, 3.8) is 0 Å². The van der Waals surface area contributed by atoms with Crippen molar-refractivity contribution in [3.8, 4) is 11.5 Å². The molecule has 4 N–H and O–H groups in total. The third-order valence-electron chi connectivity index (χ3n) is 3.84. The number of ether oxygens (including phenoxy) is 1. The van der Waals surface area contributed by atoms with Crippen molar-refractivity contribution in [2.45, 2.75) is 26.4 Å². The lowest BCUT2D eigenvalue weighted by atomic mass is 10.1. The van der Waals surface area contributed by atoms with Gasteiger partial charge in [-0.1, -0.05) is 44.2 Å². The Balaban J connectivity index is 0.00000364. The Morgan fingerprint density at radius 1 is 0.963 bits per heavy atom. The van der Waals surface area contributed by atoms with Gasteiger partial charge in [-0.2, -0.15) is 0 Å². The molecule has 0 spiro atoms. The maximum Gasteiger partial charge on any atom is 0.239 e. The fraction of sp³-hybridized carbons (Fsp3) is 0.300. The van der Waals surface area contributed by atoms with Gasteiger partial charge in [-0.05, 0) is 35.7 Å². The molecular weight excluding hydrogens is 366 g/mol. The number of nitrogens with one attached hydrogen (secondary N) is 2. The molecule has 146 valence electrons. The van der Waals surface area contributed by atoms with Crippen LogP contribution in [-0.4, -0.2) is 24.4 Å². The Hall–Kier alpha value is -2.57.